The standard InChI is InChI=1S/C16H32O2Si/c1-9-13(2)10-11-14-16(6,18-14)12-17-19(7,8)15(3,4)5/h9,14H,10-12H2,1-8H3/b13-9+. The van der Waals surface area contributed by atoms with Crippen LogP contribution in [0.5, 0.6) is 0 Å². The van der Waals surface area contributed by atoms with Gasteiger partial charge in [-0.2, -0.15) is 0 Å². The molecule has 1 saturated heterocycles. The molecule has 3 heteroatoms. The summed E-state index contributed by atoms with van der Waals surface area (Å²) in [6.45, 7) is 18.7. The van der Waals surface area contributed by atoms with Gasteiger partial charge in [-0.25, -0.2) is 0 Å². The molecule has 2 atom stereocenters. The monoisotopic (exact) mass is 284 g/mol. The fourth-order valence-corrected chi connectivity index (χ4v) is 2.91. The highest BCUT2D eigenvalue weighted by Crippen LogP contribution is 2.43. The van der Waals surface area contributed by atoms with Gasteiger partial charge in [0, 0.05) is 0 Å². The van der Waals surface area contributed by atoms with Crippen molar-refractivity contribution in [3.63, 3.8) is 0 Å². The largest absolute Gasteiger partial charge is 0.414 e. The van der Waals surface area contributed by atoms with E-state index in [2.05, 4.69) is 60.7 Å². The summed E-state index contributed by atoms with van der Waals surface area (Å²) >= 11 is 0. The van der Waals surface area contributed by atoms with E-state index in [1.165, 1.54) is 5.57 Å². The SMILES string of the molecule is C/C=C(\C)CCC1OC1(C)CO[Si](C)(C)C(C)(C)C. The lowest BCUT2D eigenvalue weighted by Gasteiger charge is -2.36. The Hall–Kier alpha value is -0.123. The highest BCUT2D eigenvalue weighted by atomic mass is 28.4. The number of rotatable bonds is 6. The van der Waals surface area contributed by atoms with Crippen LogP contribution in [0.2, 0.25) is 18.1 Å². The summed E-state index contributed by atoms with van der Waals surface area (Å²) in [4.78, 5) is 0. The summed E-state index contributed by atoms with van der Waals surface area (Å²) in [7, 11) is -1.65. The van der Waals surface area contributed by atoms with Crippen molar-refractivity contribution >= 4 is 8.32 Å². The predicted octanol–water partition coefficient (Wildman–Crippen LogP) is 4.91. The quantitative estimate of drug-likeness (QED) is 0.392. The highest BCUT2D eigenvalue weighted by molar-refractivity contribution is 6.74. The molecule has 112 valence electrons. The molecule has 0 aliphatic carbocycles. The van der Waals surface area contributed by atoms with Crippen LogP contribution < -0.4 is 0 Å². The normalized spacial score (nSPS) is 28.6. The lowest BCUT2D eigenvalue weighted by Crippen LogP contribution is -2.43. The van der Waals surface area contributed by atoms with Gasteiger partial charge >= 0.3 is 0 Å². The summed E-state index contributed by atoms with van der Waals surface area (Å²) in [6.07, 6.45) is 4.82. The van der Waals surface area contributed by atoms with Gasteiger partial charge in [-0.05, 0) is 51.7 Å². The molecule has 0 bridgehead atoms. The van der Waals surface area contributed by atoms with Crippen LogP contribution in [0.4, 0.5) is 0 Å². The first-order valence-corrected chi connectivity index (χ1v) is 10.4. The van der Waals surface area contributed by atoms with Gasteiger partial charge < -0.3 is 9.16 Å². The summed E-state index contributed by atoms with van der Waals surface area (Å²) in [5, 5.41) is 0.273. The molecule has 1 aliphatic rings. The lowest BCUT2D eigenvalue weighted by molar-refractivity contribution is 0.187. The van der Waals surface area contributed by atoms with Gasteiger partial charge in [0.05, 0.1) is 12.7 Å². The van der Waals surface area contributed by atoms with E-state index in [1.807, 2.05) is 0 Å². The maximum atomic E-state index is 6.28. The minimum atomic E-state index is -1.65. The van der Waals surface area contributed by atoms with Gasteiger partial charge in [-0.15, -0.1) is 0 Å². The second kappa shape index (κ2) is 5.70. The molecule has 0 aromatic heterocycles. The molecule has 1 aliphatic heterocycles. The molecular formula is C16H32O2Si. The van der Waals surface area contributed by atoms with Crippen molar-refractivity contribution in [3.05, 3.63) is 11.6 Å². The fraction of sp³-hybridized carbons (Fsp3) is 0.875. The van der Waals surface area contributed by atoms with Gasteiger partial charge in [0.2, 0.25) is 0 Å². The Kier molecular flexibility index (Phi) is 5.08. The Morgan fingerprint density at radius 2 is 1.95 bits per heavy atom. The molecule has 0 N–H and O–H groups in total. The average molecular weight is 285 g/mol. The Labute approximate surface area is 120 Å². The molecule has 0 amide bonds. The number of allylic oxidation sites excluding steroid dienone is 2. The van der Waals surface area contributed by atoms with Gasteiger partial charge in [-0.1, -0.05) is 32.4 Å². The Bertz CT molecular complexity index is 341. The van der Waals surface area contributed by atoms with E-state index in [-0.39, 0.29) is 10.6 Å². The van der Waals surface area contributed by atoms with Crippen molar-refractivity contribution in [2.45, 2.75) is 84.2 Å². The van der Waals surface area contributed by atoms with Gasteiger partial charge in [-0.3, -0.25) is 0 Å². The predicted molar refractivity (Wildman–Crippen MR) is 85.1 cm³/mol. The van der Waals surface area contributed by atoms with Crippen LogP contribution in [0.15, 0.2) is 11.6 Å². The molecule has 1 heterocycles. The maximum Gasteiger partial charge on any atom is 0.192 e. The molecule has 1 rings (SSSR count). The maximum absolute atomic E-state index is 6.28. The minimum Gasteiger partial charge on any atom is -0.414 e. The number of hydrogen-bond donors (Lipinski definition) is 0. The summed E-state index contributed by atoms with van der Waals surface area (Å²) in [6, 6.07) is 0. The molecule has 19 heavy (non-hydrogen) atoms. The Morgan fingerprint density at radius 3 is 2.42 bits per heavy atom. The van der Waals surface area contributed by atoms with Crippen molar-refractivity contribution in [1.29, 1.82) is 0 Å². The van der Waals surface area contributed by atoms with E-state index in [1.54, 1.807) is 0 Å². The Morgan fingerprint density at radius 1 is 1.37 bits per heavy atom. The molecule has 0 radical (unpaired) electrons. The average Bonchev–Trinajstić information content (AvgIpc) is 2.94. The lowest BCUT2D eigenvalue weighted by atomic mass is 10.0. The van der Waals surface area contributed by atoms with E-state index < -0.39 is 8.32 Å². The second-order valence-electron chi connectivity index (χ2n) is 7.64. The number of hydrogen-bond acceptors (Lipinski definition) is 2. The van der Waals surface area contributed by atoms with Crippen LogP contribution >= 0.6 is 0 Å². The van der Waals surface area contributed by atoms with Crippen LogP contribution in [0.1, 0.15) is 54.4 Å². The second-order valence-corrected chi connectivity index (χ2v) is 12.5. The van der Waals surface area contributed by atoms with Crippen molar-refractivity contribution < 1.29 is 9.16 Å². The van der Waals surface area contributed by atoms with Gasteiger partial charge in [0.1, 0.15) is 5.60 Å². The van der Waals surface area contributed by atoms with E-state index in [0.717, 1.165) is 19.4 Å². The minimum absolute atomic E-state index is 0.0382. The molecule has 2 unspecified atom stereocenters. The summed E-state index contributed by atoms with van der Waals surface area (Å²) < 4.78 is 12.2. The highest BCUT2D eigenvalue weighted by Gasteiger charge is 2.53. The van der Waals surface area contributed by atoms with Crippen LogP contribution in [0.25, 0.3) is 0 Å². The van der Waals surface area contributed by atoms with Crippen molar-refractivity contribution in [1.82, 2.24) is 0 Å². The molecule has 1 fully saturated rings. The third-order valence-corrected chi connectivity index (χ3v) is 9.33. The van der Waals surface area contributed by atoms with Crippen LogP contribution in [-0.4, -0.2) is 26.6 Å². The van der Waals surface area contributed by atoms with E-state index in [0.29, 0.717) is 6.10 Å². The topological polar surface area (TPSA) is 21.8 Å². The van der Waals surface area contributed by atoms with Crippen molar-refractivity contribution in [3.8, 4) is 0 Å². The summed E-state index contributed by atoms with van der Waals surface area (Å²) in [5.74, 6) is 0. The Balaban J connectivity index is 2.40. The zero-order chi connectivity index (χ0) is 14.9. The van der Waals surface area contributed by atoms with Crippen molar-refractivity contribution in [2.24, 2.45) is 0 Å². The van der Waals surface area contributed by atoms with E-state index >= 15 is 0 Å². The van der Waals surface area contributed by atoms with Crippen LogP contribution in [0.3, 0.4) is 0 Å². The van der Waals surface area contributed by atoms with Gasteiger partial charge in [0.25, 0.3) is 0 Å². The van der Waals surface area contributed by atoms with Crippen LogP contribution in [-0.2, 0) is 9.16 Å². The summed E-state index contributed by atoms with van der Waals surface area (Å²) in [5.41, 5.74) is 1.41. The smallest absolute Gasteiger partial charge is 0.192 e. The molecular weight excluding hydrogens is 252 g/mol. The van der Waals surface area contributed by atoms with E-state index in [9.17, 15) is 0 Å². The molecule has 0 aromatic rings. The first-order valence-electron chi connectivity index (χ1n) is 7.45. The number of ether oxygens (including phenoxy) is 1. The third-order valence-electron chi connectivity index (χ3n) is 4.85. The van der Waals surface area contributed by atoms with Crippen molar-refractivity contribution in [2.75, 3.05) is 6.61 Å². The first-order chi connectivity index (χ1) is 8.52. The zero-order valence-corrected chi connectivity index (χ0v) is 15.1. The van der Waals surface area contributed by atoms with E-state index in [4.69, 9.17) is 9.16 Å². The first kappa shape index (κ1) is 16.9. The molecule has 2 nitrogen and oxygen atoms in total. The fourth-order valence-electron chi connectivity index (χ4n) is 1.83. The molecule has 0 aromatic carbocycles. The molecule has 0 saturated carbocycles. The third kappa shape index (κ3) is 4.43. The van der Waals surface area contributed by atoms with Crippen LogP contribution in [0, 0.1) is 0 Å². The molecule has 0 spiro atoms. The number of epoxide rings is 1. The zero-order valence-electron chi connectivity index (χ0n) is 14.1. The van der Waals surface area contributed by atoms with Gasteiger partial charge in [0.15, 0.2) is 8.32 Å².